The molecule has 5 nitrogen and oxygen atoms in total. The molecule has 1 aromatic rings. The summed E-state index contributed by atoms with van der Waals surface area (Å²) in [4.78, 5) is 4.38. The Hall–Kier alpha value is -1.05. The van der Waals surface area contributed by atoms with E-state index in [1.54, 1.807) is 10.4 Å². The normalized spacial score (nSPS) is 19.9. The molecule has 2 heterocycles. The van der Waals surface area contributed by atoms with Crippen LogP contribution in [0.2, 0.25) is 0 Å². The lowest BCUT2D eigenvalue weighted by Crippen LogP contribution is -2.32. The number of pyridine rings is 1. The van der Waals surface area contributed by atoms with Gasteiger partial charge in [-0.2, -0.15) is 4.31 Å². The van der Waals surface area contributed by atoms with Gasteiger partial charge in [0.05, 0.1) is 5.69 Å². The highest BCUT2D eigenvalue weighted by molar-refractivity contribution is 7.89. The molecular weight excluding hydrogens is 306 g/mol. The van der Waals surface area contributed by atoms with Crippen molar-refractivity contribution < 1.29 is 8.42 Å². The molecule has 1 saturated heterocycles. The number of sulfonamides is 1. The third-order valence-electron chi connectivity index (χ3n) is 3.93. The van der Waals surface area contributed by atoms with E-state index in [-0.39, 0.29) is 15.3 Å². The Labute approximate surface area is 131 Å². The maximum Gasteiger partial charge on any atom is 0.244 e. The van der Waals surface area contributed by atoms with Crippen molar-refractivity contribution >= 4 is 27.2 Å². The van der Waals surface area contributed by atoms with Crippen molar-refractivity contribution in [3.63, 3.8) is 0 Å². The highest BCUT2D eigenvalue weighted by Crippen LogP contribution is 2.31. The molecule has 1 aliphatic rings. The van der Waals surface area contributed by atoms with E-state index in [9.17, 15) is 8.42 Å². The summed E-state index contributed by atoms with van der Waals surface area (Å²) < 4.78 is 26.9. The van der Waals surface area contributed by atoms with E-state index in [2.05, 4.69) is 18.8 Å². The third-order valence-corrected chi connectivity index (χ3v) is 6.02. The zero-order valence-corrected chi connectivity index (χ0v) is 14.0. The maximum absolute atomic E-state index is 12.7. The summed E-state index contributed by atoms with van der Waals surface area (Å²) in [7, 11) is -3.49. The molecule has 0 aliphatic carbocycles. The fourth-order valence-corrected chi connectivity index (χ4v) is 4.01. The monoisotopic (exact) mass is 327 g/mol. The molecule has 1 fully saturated rings. The molecule has 0 amide bonds. The molecular formula is C14H21N3O2S2. The van der Waals surface area contributed by atoms with Gasteiger partial charge in [0.1, 0.15) is 9.88 Å². The van der Waals surface area contributed by atoms with Gasteiger partial charge in [-0.3, -0.25) is 4.98 Å². The van der Waals surface area contributed by atoms with Crippen molar-refractivity contribution in [2.75, 3.05) is 13.1 Å². The van der Waals surface area contributed by atoms with E-state index in [1.807, 2.05) is 0 Å². The molecule has 0 radical (unpaired) electrons. The molecule has 0 saturated carbocycles. The van der Waals surface area contributed by atoms with Crippen molar-refractivity contribution in [3.05, 3.63) is 24.0 Å². The second kappa shape index (κ2) is 5.98. The van der Waals surface area contributed by atoms with Gasteiger partial charge in [-0.15, -0.1) is 0 Å². The fourth-order valence-electron chi connectivity index (χ4n) is 2.47. The number of hydrogen-bond donors (Lipinski definition) is 1. The van der Waals surface area contributed by atoms with Crippen molar-refractivity contribution in [2.24, 2.45) is 11.1 Å². The summed E-state index contributed by atoms with van der Waals surface area (Å²) in [6, 6.07) is 3.07. The second-order valence-electron chi connectivity index (χ2n) is 6.17. The van der Waals surface area contributed by atoms with Crippen LogP contribution in [-0.2, 0) is 10.0 Å². The molecule has 7 heteroatoms. The highest BCUT2D eigenvalue weighted by Gasteiger charge is 2.30. The Kier molecular flexibility index (Phi) is 4.65. The minimum Gasteiger partial charge on any atom is -0.388 e. The van der Waals surface area contributed by atoms with Crippen molar-refractivity contribution in [1.82, 2.24) is 9.29 Å². The van der Waals surface area contributed by atoms with Gasteiger partial charge in [0.15, 0.2) is 0 Å². The molecule has 116 valence electrons. The predicted octanol–water partition coefficient (Wildman–Crippen LogP) is 1.92. The predicted molar refractivity (Wildman–Crippen MR) is 86.5 cm³/mol. The number of aromatic nitrogens is 1. The molecule has 0 spiro atoms. The Bertz CT molecular complexity index is 624. The average Bonchev–Trinajstić information content (AvgIpc) is 2.60. The molecule has 2 N–H and O–H groups in total. The van der Waals surface area contributed by atoms with Gasteiger partial charge in [0.2, 0.25) is 10.0 Å². The summed E-state index contributed by atoms with van der Waals surface area (Å²) in [5.41, 5.74) is 6.10. The van der Waals surface area contributed by atoms with Gasteiger partial charge in [0.25, 0.3) is 0 Å². The number of nitrogens with zero attached hydrogens (tertiary/aromatic N) is 2. The van der Waals surface area contributed by atoms with Crippen LogP contribution in [0.5, 0.6) is 0 Å². The number of nitrogens with two attached hydrogens (primary N) is 1. The van der Waals surface area contributed by atoms with Crippen LogP contribution < -0.4 is 5.73 Å². The minimum atomic E-state index is -3.49. The van der Waals surface area contributed by atoms with Gasteiger partial charge in [-0.05, 0) is 36.8 Å². The van der Waals surface area contributed by atoms with Crippen LogP contribution in [0.3, 0.4) is 0 Å². The Morgan fingerprint density at radius 2 is 2.05 bits per heavy atom. The molecule has 0 bridgehead atoms. The summed E-state index contributed by atoms with van der Waals surface area (Å²) in [5, 5.41) is 0. The Balaban J connectivity index is 2.23. The first-order valence-corrected chi connectivity index (χ1v) is 8.83. The minimum absolute atomic E-state index is 0.162. The van der Waals surface area contributed by atoms with Crippen LogP contribution in [0.15, 0.2) is 23.2 Å². The largest absolute Gasteiger partial charge is 0.388 e. The van der Waals surface area contributed by atoms with E-state index in [4.69, 9.17) is 18.0 Å². The zero-order valence-electron chi connectivity index (χ0n) is 12.4. The van der Waals surface area contributed by atoms with Crippen molar-refractivity contribution in [2.45, 2.75) is 38.0 Å². The molecule has 2 rings (SSSR count). The van der Waals surface area contributed by atoms with Crippen LogP contribution in [0.25, 0.3) is 0 Å². The lowest BCUT2D eigenvalue weighted by molar-refractivity contribution is 0.315. The van der Waals surface area contributed by atoms with E-state index >= 15 is 0 Å². The summed E-state index contributed by atoms with van der Waals surface area (Å²) in [6.07, 6.45) is 4.12. The molecule has 0 aromatic carbocycles. The van der Waals surface area contributed by atoms with Crippen molar-refractivity contribution in [3.8, 4) is 0 Å². The first-order chi connectivity index (χ1) is 9.72. The van der Waals surface area contributed by atoms with Crippen LogP contribution >= 0.6 is 12.2 Å². The SMILES string of the molecule is CC1(C)CCCN(S(=O)(=O)c2ccc(C(N)=S)nc2)CC1. The van der Waals surface area contributed by atoms with E-state index < -0.39 is 10.0 Å². The maximum atomic E-state index is 12.7. The second-order valence-corrected chi connectivity index (χ2v) is 8.54. The van der Waals surface area contributed by atoms with Crippen LogP contribution in [0.4, 0.5) is 0 Å². The molecule has 0 unspecified atom stereocenters. The van der Waals surface area contributed by atoms with Crippen molar-refractivity contribution in [1.29, 1.82) is 0 Å². The number of thiocarbonyl (C=S) groups is 1. The van der Waals surface area contributed by atoms with Gasteiger partial charge in [-0.1, -0.05) is 26.1 Å². The number of hydrogen-bond acceptors (Lipinski definition) is 4. The molecule has 0 atom stereocenters. The van der Waals surface area contributed by atoms with Crippen LogP contribution in [0, 0.1) is 5.41 Å². The fraction of sp³-hybridized carbons (Fsp3) is 0.571. The van der Waals surface area contributed by atoms with Gasteiger partial charge >= 0.3 is 0 Å². The highest BCUT2D eigenvalue weighted by atomic mass is 32.2. The Morgan fingerprint density at radius 1 is 1.33 bits per heavy atom. The lowest BCUT2D eigenvalue weighted by atomic mass is 9.85. The average molecular weight is 327 g/mol. The lowest BCUT2D eigenvalue weighted by Gasteiger charge is -2.23. The standard InChI is InChI=1S/C14H21N3O2S2/c1-14(2)6-3-8-17(9-7-14)21(18,19)11-4-5-12(13(15)20)16-10-11/h4-5,10H,3,6-9H2,1-2H3,(H2,15,20). The molecule has 21 heavy (non-hydrogen) atoms. The zero-order chi connectivity index (χ0) is 15.7. The van der Waals surface area contributed by atoms with Crippen LogP contribution in [-0.4, -0.2) is 35.8 Å². The topological polar surface area (TPSA) is 76.3 Å². The van der Waals surface area contributed by atoms with E-state index in [0.717, 1.165) is 19.3 Å². The number of rotatable bonds is 3. The smallest absolute Gasteiger partial charge is 0.244 e. The van der Waals surface area contributed by atoms with Gasteiger partial charge in [0, 0.05) is 19.3 Å². The summed E-state index contributed by atoms with van der Waals surface area (Å²) in [5.74, 6) is 0. The molecule has 1 aliphatic heterocycles. The first-order valence-electron chi connectivity index (χ1n) is 6.98. The third kappa shape index (κ3) is 3.78. The quantitative estimate of drug-likeness (QED) is 0.858. The van der Waals surface area contributed by atoms with Gasteiger partial charge < -0.3 is 5.73 Å². The van der Waals surface area contributed by atoms with E-state index in [0.29, 0.717) is 18.8 Å². The van der Waals surface area contributed by atoms with Crippen LogP contribution in [0.1, 0.15) is 38.8 Å². The van der Waals surface area contributed by atoms with E-state index in [1.165, 1.54) is 12.3 Å². The summed E-state index contributed by atoms with van der Waals surface area (Å²) >= 11 is 4.82. The Morgan fingerprint density at radius 3 is 2.62 bits per heavy atom. The summed E-state index contributed by atoms with van der Waals surface area (Å²) in [6.45, 7) is 5.47. The van der Waals surface area contributed by atoms with Gasteiger partial charge in [-0.25, -0.2) is 8.42 Å². The first kappa shape index (κ1) is 16.3. The molecule has 1 aromatic heterocycles.